The van der Waals surface area contributed by atoms with Crippen molar-refractivity contribution in [2.75, 3.05) is 24.6 Å². The van der Waals surface area contributed by atoms with Gasteiger partial charge >= 0.3 is 0 Å². The van der Waals surface area contributed by atoms with E-state index in [0.29, 0.717) is 11.6 Å². The van der Waals surface area contributed by atoms with Gasteiger partial charge in [-0.05, 0) is 49.9 Å². The van der Waals surface area contributed by atoms with E-state index in [1.807, 2.05) is 20.0 Å². The van der Waals surface area contributed by atoms with Crippen LogP contribution in [0, 0.1) is 23.0 Å². The molecular weight excluding hydrogens is 384 g/mol. The second-order valence-corrected chi connectivity index (χ2v) is 14.6. The molecular formula is C21H34N4O3Si. The third kappa shape index (κ3) is 4.33. The minimum Gasteiger partial charge on any atom is -0.417 e. The summed E-state index contributed by atoms with van der Waals surface area (Å²) in [6.45, 7) is 15.7. The second kappa shape index (κ2) is 7.72. The Hall–Kier alpha value is -1.93. The van der Waals surface area contributed by atoms with Gasteiger partial charge in [0.1, 0.15) is 5.69 Å². The number of hydrogen-bond donors (Lipinski definition) is 0. The first-order valence-corrected chi connectivity index (χ1v) is 13.3. The van der Waals surface area contributed by atoms with E-state index in [9.17, 15) is 10.1 Å². The Balaban J connectivity index is 1.74. The molecule has 160 valence electrons. The topological polar surface area (TPSA) is 73.4 Å². The number of rotatable bonds is 5. The molecule has 7 nitrogen and oxygen atoms in total. The fraction of sp³-hybridized carbons (Fsp3) is 0.667. The van der Waals surface area contributed by atoms with Crippen molar-refractivity contribution in [1.29, 1.82) is 0 Å². The fourth-order valence-electron chi connectivity index (χ4n) is 3.74. The third-order valence-corrected chi connectivity index (χ3v) is 11.3. The average molecular weight is 419 g/mol. The normalized spacial score (nSPS) is 16.6. The molecule has 0 amide bonds. The van der Waals surface area contributed by atoms with Crippen LogP contribution in [0.25, 0.3) is 10.9 Å². The van der Waals surface area contributed by atoms with Crippen molar-refractivity contribution in [2.24, 2.45) is 13.0 Å². The van der Waals surface area contributed by atoms with Crippen LogP contribution in [-0.4, -0.2) is 42.7 Å². The molecule has 0 unspecified atom stereocenters. The molecule has 1 saturated heterocycles. The first-order chi connectivity index (χ1) is 13.4. The van der Waals surface area contributed by atoms with Crippen LogP contribution >= 0.6 is 0 Å². The highest BCUT2D eigenvalue weighted by Gasteiger charge is 2.38. The zero-order valence-corrected chi connectivity index (χ0v) is 19.8. The summed E-state index contributed by atoms with van der Waals surface area (Å²) in [5, 5.41) is 17.3. The van der Waals surface area contributed by atoms with Crippen molar-refractivity contribution in [1.82, 2.24) is 9.78 Å². The van der Waals surface area contributed by atoms with Crippen molar-refractivity contribution in [3.63, 3.8) is 0 Å². The molecule has 0 aliphatic carbocycles. The van der Waals surface area contributed by atoms with Gasteiger partial charge in [0.2, 0.25) is 0 Å². The molecule has 8 heteroatoms. The van der Waals surface area contributed by atoms with Crippen LogP contribution in [0.15, 0.2) is 12.1 Å². The van der Waals surface area contributed by atoms with E-state index < -0.39 is 8.32 Å². The van der Waals surface area contributed by atoms with Gasteiger partial charge in [-0.3, -0.25) is 14.8 Å². The van der Waals surface area contributed by atoms with Gasteiger partial charge in [-0.25, -0.2) is 0 Å². The Labute approximate surface area is 174 Å². The van der Waals surface area contributed by atoms with Crippen LogP contribution < -0.4 is 4.90 Å². The number of nitro benzene ring substituents is 1. The van der Waals surface area contributed by atoms with Crippen LogP contribution in [0.5, 0.6) is 0 Å². The van der Waals surface area contributed by atoms with Crippen LogP contribution in [0.4, 0.5) is 11.4 Å². The van der Waals surface area contributed by atoms with E-state index in [1.54, 1.807) is 10.7 Å². The molecule has 3 rings (SSSR count). The number of aryl methyl sites for hydroxylation is 2. The van der Waals surface area contributed by atoms with Gasteiger partial charge in [0.15, 0.2) is 8.32 Å². The molecule has 0 atom stereocenters. The lowest BCUT2D eigenvalue weighted by atomic mass is 9.97. The van der Waals surface area contributed by atoms with Crippen molar-refractivity contribution < 1.29 is 9.35 Å². The van der Waals surface area contributed by atoms with Crippen LogP contribution in [0.1, 0.15) is 39.3 Å². The van der Waals surface area contributed by atoms with Gasteiger partial charge in [-0.2, -0.15) is 5.10 Å². The van der Waals surface area contributed by atoms with Crippen LogP contribution in [0.2, 0.25) is 18.1 Å². The molecule has 29 heavy (non-hydrogen) atoms. The summed E-state index contributed by atoms with van der Waals surface area (Å²) >= 11 is 0. The number of fused-ring (bicyclic) bond motifs is 1. The highest BCUT2D eigenvalue weighted by Crippen LogP contribution is 2.38. The molecule has 0 spiro atoms. The third-order valence-electron chi connectivity index (χ3n) is 6.77. The zero-order valence-electron chi connectivity index (χ0n) is 18.8. The summed E-state index contributed by atoms with van der Waals surface area (Å²) in [5.74, 6) is 0.517. The predicted molar refractivity (Wildman–Crippen MR) is 120 cm³/mol. The minimum atomic E-state index is -1.74. The highest BCUT2D eigenvalue weighted by molar-refractivity contribution is 6.74. The monoisotopic (exact) mass is 418 g/mol. The first-order valence-electron chi connectivity index (χ1n) is 10.4. The highest BCUT2D eigenvalue weighted by atomic mass is 28.4. The van der Waals surface area contributed by atoms with Gasteiger partial charge in [-0.1, -0.05) is 20.8 Å². The summed E-state index contributed by atoms with van der Waals surface area (Å²) in [6.07, 6.45) is 1.99. The number of hydrogen-bond acceptors (Lipinski definition) is 5. The van der Waals surface area contributed by atoms with E-state index in [4.69, 9.17) is 4.43 Å². The molecule has 0 N–H and O–H groups in total. The summed E-state index contributed by atoms with van der Waals surface area (Å²) in [4.78, 5) is 13.6. The smallest absolute Gasteiger partial charge is 0.294 e. The lowest BCUT2D eigenvalue weighted by Crippen LogP contribution is -2.43. The largest absolute Gasteiger partial charge is 0.417 e. The van der Waals surface area contributed by atoms with Crippen LogP contribution in [-0.2, 0) is 11.5 Å². The zero-order chi connectivity index (χ0) is 21.6. The Morgan fingerprint density at radius 3 is 2.45 bits per heavy atom. The van der Waals surface area contributed by atoms with Crippen molar-refractivity contribution in [3.8, 4) is 0 Å². The Bertz CT molecular complexity index is 909. The molecule has 1 aromatic heterocycles. The number of nitrogens with zero attached hydrogens (tertiary/aromatic N) is 4. The maximum Gasteiger partial charge on any atom is 0.294 e. The average Bonchev–Trinajstić information content (AvgIpc) is 2.92. The molecule has 0 radical (unpaired) electrons. The molecule has 2 heterocycles. The SMILES string of the molecule is Cc1nn(C)c2cc([N+](=O)[O-])c(N3CCC(CO[Si](C)(C)C(C)(C)C)CC3)cc12. The van der Waals surface area contributed by atoms with E-state index >= 15 is 0 Å². The molecule has 0 saturated carbocycles. The summed E-state index contributed by atoms with van der Waals surface area (Å²) in [7, 11) is 0.0856. The van der Waals surface area contributed by atoms with Crippen molar-refractivity contribution >= 4 is 30.6 Å². The number of benzene rings is 1. The van der Waals surface area contributed by atoms with E-state index in [0.717, 1.165) is 49.1 Å². The number of aromatic nitrogens is 2. The molecule has 1 aliphatic heterocycles. The summed E-state index contributed by atoms with van der Waals surface area (Å²) in [5.41, 5.74) is 2.57. The van der Waals surface area contributed by atoms with E-state index in [1.165, 1.54) is 0 Å². The Morgan fingerprint density at radius 1 is 1.28 bits per heavy atom. The van der Waals surface area contributed by atoms with Crippen LogP contribution in [0.3, 0.4) is 0 Å². The maximum absolute atomic E-state index is 11.7. The van der Waals surface area contributed by atoms with Crippen molar-refractivity contribution in [3.05, 3.63) is 27.9 Å². The number of nitro groups is 1. The van der Waals surface area contributed by atoms with E-state index in [2.05, 4.69) is 43.9 Å². The minimum absolute atomic E-state index is 0.163. The second-order valence-electron chi connectivity index (χ2n) is 9.83. The van der Waals surface area contributed by atoms with Gasteiger partial charge in [0.05, 0.1) is 16.1 Å². The standard InChI is InChI=1S/C21H34N4O3Si/c1-15-17-12-19(20(25(26)27)13-18(17)23(5)22-15)24-10-8-16(9-11-24)14-28-29(6,7)21(2,3)4/h12-13,16H,8-11,14H2,1-7H3. The van der Waals surface area contributed by atoms with Gasteiger partial charge in [0.25, 0.3) is 5.69 Å². The fourth-order valence-corrected chi connectivity index (χ4v) is 4.82. The predicted octanol–water partition coefficient (Wildman–Crippen LogP) is 5.03. The lowest BCUT2D eigenvalue weighted by Gasteiger charge is -2.39. The maximum atomic E-state index is 11.7. The molecule has 1 aliphatic rings. The molecule has 1 fully saturated rings. The quantitative estimate of drug-likeness (QED) is 0.387. The Morgan fingerprint density at radius 2 is 1.90 bits per heavy atom. The van der Waals surface area contributed by atoms with Gasteiger partial charge in [-0.15, -0.1) is 0 Å². The summed E-state index contributed by atoms with van der Waals surface area (Å²) in [6, 6.07) is 3.61. The summed E-state index contributed by atoms with van der Waals surface area (Å²) < 4.78 is 8.13. The first kappa shape index (κ1) is 21.8. The van der Waals surface area contributed by atoms with Gasteiger partial charge in [0, 0.05) is 38.2 Å². The molecule has 1 aromatic carbocycles. The van der Waals surface area contributed by atoms with Crippen molar-refractivity contribution in [2.45, 2.75) is 58.7 Å². The number of piperidine rings is 1. The van der Waals surface area contributed by atoms with E-state index in [-0.39, 0.29) is 15.6 Å². The van der Waals surface area contributed by atoms with Gasteiger partial charge < -0.3 is 9.33 Å². The number of anilines is 1. The molecule has 2 aromatic rings. The lowest BCUT2D eigenvalue weighted by molar-refractivity contribution is -0.384. The Kier molecular flexibility index (Phi) is 5.79. The molecule has 0 bridgehead atoms.